The summed E-state index contributed by atoms with van der Waals surface area (Å²) in [4.78, 5) is 2.25. The molecule has 0 radical (unpaired) electrons. The van der Waals surface area contributed by atoms with E-state index < -0.39 is 0 Å². The fourth-order valence-corrected chi connectivity index (χ4v) is 1.90. The topological polar surface area (TPSA) is 29.3 Å². The lowest BCUT2D eigenvalue weighted by Crippen LogP contribution is -2.45. The second-order valence-corrected chi connectivity index (χ2v) is 4.53. The maximum absolute atomic E-state index is 5.75. The van der Waals surface area contributed by atoms with E-state index in [2.05, 4.69) is 25.9 Å². The highest BCUT2D eigenvalue weighted by atomic mass is 15.0. The Bertz CT molecular complexity index is 126. The molecule has 1 saturated carbocycles. The van der Waals surface area contributed by atoms with E-state index in [1.165, 1.54) is 25.8 Å². The number of rotatable bonds is 3. The van der Waals surface area contributed by atoms with Crippen LogP contribution in [0.25, 0.3) is 0 Å². The molecule has 2 heteroatoms. The van der Waals surface area contributed by atoms with Gasteiger partial charge in [-0.15, -0.1) is 0 Å². The summed E-state index contributed by atoms with van der Waals surface area (Å²) in [6.45, 7) is 7.54. The Labute approximate surface area is 83.5 Å². The van der Waals surface area contributed by atoms with E-state index in [4.69, 9.17) is 5.73 Å². The molecule has 0 bridgehead atoms. The highest BCUT2D eigenvalue weighted by molar-refractivity contribution is 4.92. The Balaban J connectivity index is 0.000000671. The van der Waals surface area contributed by atoms with E-state index in [-0.39, 0.29) is 0 Å². The number of nitrogens with zero attached hydrogens (tertiary/aromatic N) is 1. The molecule has 0 unspecified atom stereocenters. The Kier molecular flexibility index (Phi) is 5.57. The second-order valence-electron chi connectivity index (χ2n) is 4.53. The normalized spacial score (nSPS) is 32.1. The molecule has 1 aliphatic carbocycles. The van der Waals surface area contributed by atoms with Gasteiger partial charge in [0.15, 0.2) is 0 Å². The molecule has 1 rings (SSSR count). The van der Waals surface area contributed by atoms with Gasteiger partial charge in [-0.1, -0.05) is 20.8 Å². The monoisotopic (exact) mass is 186 g/mol. The average Bonchev–Trinajstić information content (AvgIpc) is 2.02. The SMILES string of the molecule is CC.CN(C)CCC1(C)CC(N)C1. The molecule has 0 aromatic rings. The average molecular weight is 186 g/mol. The molecule has 0 aromatic heterocycles. The molecule has 2 nitrogen and oxygen atoms in total. The van der Waals surface area contributed by atoms with E-state index in [1.54, 1.807) is 0 Å². The molecule has 1 fully saturated rings. The molecule has 0 saturated heterocycles. The molecule has 0 spiro atoms. The lowest BCUT2D eigenvalue weighted by Gasteiger charge is -2.44. The lowest BCUT2D eigenvalue weighted by atomic mass is 9.65. The van der Waals surface area contributed by atoms with Crippen LogP contribution in [0.3, 0.4) is 0 Å². The maximum atomic E-state index is 5.75. The van der Waals surface area contributed by atoms with Gasteiger partial charge in [-0.3, -0.25) is 0 Å². The van der Waals surface area contributed by atoms with Gasteiger partial charge in [-0.05, 0) is 45.3 Å². The van der Waals surface area contributed by atoms with Gasteiger partial charge in [0.25, 0.3) is 0 Å². The van der Waals surface area contributed by atoms with E-state index >= 15 is 0 Å². The van der Waals surface area contributed by atoms with E-state index in [0.29, 0.717) is 11.5 Å². The summed E-state index contributed by atoms with van der Waals surface area (Å²) < 4.78 is 0. The molecular formula is C11H26N2. The first-order valence-electron chi connectivity index (χ1n) is 5.42. The summed E-state index contributed by atoms with van der Waals surface area (Å²) >= 11 is 0. The van der Waals surface area contributed by atoms with Crippen LogP contribution < -0.4 is 5.73 Å². The highest BCUT2D eigenvalue weighted by Crippen LogP contribution is 2.42. The summed E-state index contributed by atoms with van der Waals surface area (Å²) in [5.41, 5.74) is 6.31. The van der Waals surface area contributed by atoms with E-state index in [9.17, 15) is 0 Å². The van der Waals surface area contributed by atoms with Crippen molar-refractivity contribution in [3.8, 4) is 0 Å². The van der Waals surface area contributed by atoms with Gasteiger partial charge in [-0.2, -0.15) is 0 Å². The van der Waals surface area contributed by atoms with Crippen molar-refractivity contribution < 1.29 is 0 Å². The van der Waals surface area contributed by atoms with Gasteiger partial charge >= 0.3 is 0 Å². The van der Waals surface area contributed by atoms with Crippen molar-refractivity contribution in [3.05, 3.63) is 0 Å². The van der Waals surface area contributed by atoms with Crippen molar-refractivity contribution in [3.63, 3.8) is 0 Å². The van der Waals surface area contributed by atoms with Crippen LogP contribution in [-0.2, 0) is 0 Å². The van der Waals surface area contributed by atoms with Crippen LogP contribution in [0.2, 0.25) is 0 Å². The molecule has 0 aliphatic heterocycles. The lowest BCUT2D eigenvalue weighted by molar-refractivity contribution is 0.104. The third kappa shape index (κ3) is 4.63. The van der Waals surface area contributed by atoms with Crippen LogP contribution in [-0.4, -0.2) is 31.6 Å². The minimum absolute atomic E-state index is 0.488. The Morgan fingerprint density at radius 3 is 2.08 bits per heavy atom. The van der Waals surface area contributed by atoms with Gasteiger partial charge in [-0.25, -0.2) is 0 Å². The summed E-state index contributed by atoms with van der Waals surface area (Å²) in [7, 11) is 4.25. The van der Waals surface area contributed by atoms with Crippen LogP contribution in [0, 0.1) is 5.41 Å². The molecule has 0 heterocycles. The Hall–Kier alpha value is -0.0800. The van der Waals surface area contributed by atoms with Crippen LogP contribution in [0.4, 0.5) is 0 Å². The fourth-order valence-electron chi connectivity index (χ4n) is 1.90. The van der Waals surface area contributed by atoms with Gasteiger partial charge in [0.2, 0.25) is 0 Å². The third-order valence-corrected chi connectivity index (χ3v) is 2.67. The first-order valence-corrected chi connectivity index (χ1v) is 5.42. The summed E-state index contributed by atoms with van der Waals surface area (Å²) in [5, 5.41) is 0. The number of hydrogen-bond acceptors (Lipinski definition) is 2. The van der Waals surface area contributed by atoms with Crippen LogP contribution in [0.1, 0.15) is 40.0 Å². The highest BCUT2D eigenvalue weighted by Gasteiger charge is 2.37. The van der Waals surface area contributed by atoms with Crippen molar-refractivity contribution in [2.75, 3.05) is 20.6 Å². The number of hydrogen-bond donors (Lipinski definition) is 1. The zero-order valence-electron chi connectivity index (χ0n) is 9.93. The van der Waals surface area contributed by atoms with Crippen molar-refractivity contribution in [1.82, 2.24) is 4.90 Å². The maximum Gasteiger partial charge on any atom is 0.00492 e. The molecule has 1 aliphatic rings. The molecule has 0 atom stereocenters. The quantitative estimate of drug-likeness (QED) is 0.731. The van der Waals surface area contributed by atoms with Gasteiger partial charge < -0.3 is 10.6 Å². The Morgan fingerprint density at radius 1 is 1.31 bits per heavy atom. The standard InChI is InChI=1S/C9H20N2.C2H6/c1-9(4-5-11(2)3)6-8(10)7-9;1-2/h8H,4-7,10H2,1-3H3;1-2H3. The van der Waals surface area contributed by atoms with Crippen molar-refractivity contribution >= 4 is 0 Å². The molecule has 80 valence electrons. The zero-order valence-corrected chi connectivity index (χ0v) is 9.93. The smallest absolute Gasteiger partial charge is 0.00492 e. The Morgan fingerprint density at radius 2 is 1.77 bits per heavy atom. The minimum Gasteiger partial charge on any atom is -0.328 e. The molecular weight excluding hydrogens is 160 g/mol. The fraction of sp³-hybridized carbons (Fsp3) is 1.00. The zero-order chi connectivity index (χ0) is 10.5. The first kappa shape index (κ1) is 12.9. The summed E-state index contributed by atoms with van der Waals surface area (Å²) in [6, 6.07) is 0.488. The van der Waals surface area contributed by atoms with Gasteiger partial charge in [0.05, 0.1) is 0 Å². The molecule has 0 amide bonds. The number of nitrogens with two attached hydrogens (primary N) is 1. The van der Waals surface area contributed by atoms with Crippen molar-refractivity contribution in [2.45, 2.75) is 46.1 Å². The van der Waals surface area contributed by atoms with Crippen LogP contribution in [0.5, 0.6) is 0 Å². The van der Waals surface area contributed by atoms with E-state index in [1.807, 2.05) is 13.8 Å². The van der Waals surface area contributed by atoms with Gasteiger partial charge in [0, 0.05) is 6.04 Å². The van der Waals surface area contributed by atoms with Crippen LogP contribution in [0.15, 0.2) is 0 Å². The van der Waals surface area contributed by atoms with Crippen molar-refractivity contribution in [2.24, 2.45) is 11.1 Å². The predicted molar refractivity (Wildman–Crippen MR) is 59.8 cm³/mol. The molecule has 0 aromatic carbocycles. The van der Waals surface area contributed by atoms with Crippen LogP contribution >= 0.6 is 0 Å². The van der Waals surface area contributed by atoms with E-state index in [0.717, 1.165) is 0 Å². The third-order valence-electron chi connectivity index (χ3n) is 2.67. The van der Waals surface area contributed by atoms with Crippen molar-refractivity contribution in [1.29, 1.82) is 0 Å². The summed E-state index contributed by atoms with van der Waals surface area (Å²) in [6.07, 6.45) is 3.75. The second kappa shape index (κ2) is 5.61. The molecule has 13 heavy (non-hydrogen) atoms. The minimum atomic E-state index is 0.488. The molecule has 2 N–H and O–H groups in total. The predicted octanol–water partition coefficient (Wildman–Crippen LogP) is 2.09. The summed E-state index contributed by atoms with van der Waals surface area (Å²) in [5.74, 6) is 0. The van der Waals surface area contributed by atoms with Gasteiger partial charge in [0.1, 0.15) is 0 Å². The largest absolute Gasteiger partial charge is 0.328 e. The first-order chi connectivity index (χ1) is 6.02.